The number of hydrogen-bond acceptors (Lipinski definition) is 7. The topological polar surface area (TPSA) is 112 Å². The number of oxazole rings is 1. The fourth-order valence-electron chi connectivity index (χ4n) is 2.00. The van der Waals surface area contributed by atoms with Crippen LogP contribution in [0.15, 0.2) is 39.2 Å². The first-order chi connectivity index (χ1) is 10.8. The maximum Gasteiger partial charge on any atom is 0.263 e. The molecular weight excluding hydrogens is 304 g/mol. The molecule has 0 fully saturated rings. The average Bonchev–Trinajstić information content (AvgIpc) is 3.25. The van der Waals surface area contributed by atoms with Gasteiger partial charge in [-0.05, 0) is 11.4 Å². The van der Waals surface area contributed by atoms with Gasteiger partial charge in [0.1, 0.15) is 11.6 Å². The Kier molecular flexibility index (Phi) is 2.97. The van der Waals surface area contributed by atoms with Gasteiger partial charge in [0, 0.05) is 0 Å². The molecule has 0 spiro atoms. The van der Waals surface area contributed by atoms with E-state index in [0.29, 0.717) is 29.4 Å². The number of thiophene rings is 1. The standard InChI is InChI=1S/C13H10N6O2S/c20-11-8-5-15-19-10(8)17-13(18-11)14-4-7-6-21-12(16-7)9-2-1-3-22-9/h1-3,5-6H,4H2,(H3,14,15,17,18,19,20). The molecule has 8 nitrogen and oxygen atoms in total. The molecule has 110 valence electrons. The molecule has 4 heterocycles. The highest BCUT2D eigenvalue weighted by Crippen LogP contribution is 2.23. The molecule has 4 aromatic rings. The smallest absolute Gasteiger partial charge is 0.263 e. The molecule has 0 aliphatic heterocycles. The summed E-state index contributed by atoms with van der Waals surface area (Å²) < 4.78 is 5.43. The third-order valence-electron chi connectivity index (χ3n) is 3.04. The van der Waals surface area contributed by atoms with Gasteiger partial charge in [0.15, 0.2) is 5.65 Å². The highest BCUT2D eigenvalue weighted by molar-refractivity contribution is 7.13. The largest absolute Gasteiger partial charge is 0.443 e. The van der Waals surface area contributed by atoms with Gasteiger partial charge in [0.05, 0.1) is 23.3 Å². The Labute approximate surface area is 127 Å². The van der Waals surface area contributed by atoms with E-state index in [2.05, 4.69) is 30.5 Å². The summed E-state index contributed by atoms with van der Waals surface area (Å²) in [5.74, 6) is 0.930. The molecule has 9 heteroatoms. The van der Waals surface area contributed by atoms with Crippen molar-refractivity contribution in [2.24, 2.45) is 0 Å². The molecule has 0 aliphatic carbocycles. The van der Waals surface area contributed by atoms with E-state index in [1.165, 1.54) is 6.20 Å². The van der Waals surface area contributed by atoms with Crippen molar-refractivity contribution < 1.29 is 4.42 Å². The van der Waals surface area contributed by atoms with Crippen LogP contribution < -0.4 is 10.9 Å². The molecule has 3 N–H and O–H groups in total. The van der Waals surface area contributed by atoms with Gasteiger partial charge in [-0.3, -0.25) is 14.9 Å². The van der Waals surface area contributed by atoms with Crippen LogP contribution in [0.3, 0.4) is 0 Å². The second-order valence-corrected chi connectivity index (χ2v) is 5.47. The number of nitrogens with zero attached hydrogens (tertiary/aromatic N) is 3. The van der Waals surface area contributed by atoms with Crippen LogP contribution in [0.1, 0.15) is 5.69 Å². The lowest BCUT2D eigenvalue weighted by molar-refractivity contribution is 0.574. The quantitative estimate of drug-likeness (QED) is 0.531. The summed E-state index contributed by atoms with van der Waals surface area (Å²) in [4.78, 5) is 24.0. The molecular formula is C13H10N6O2S. The molecule has 4 aromatic heterocycles. The van der Waals surface area contributed by atoms with Gasteiger partial charge in [-0.1, -0.05) is 6.07 Å². The van der Waals surface area contributed by atoms with Gasteiger partial charge in [0.25, 0.3) is 5.56 Å². The van der Waals surface area contributed by atoms with E-state index in [1.807, 2.05) is 17.5 Å². The van der Waals surface area contributed by atoms with Gasteiger partial charge in [0.2, 0.25) is 11.8 Å². The van der Waals surface area contributed by atoms with Gasteiger partial charge in [-0.25, -0.2) is 4.98 Å². The Hall–Kier alpha value is -2.94. The van der Waals surface area contributed by atoms with Crippen LogP contribution in [0.2, 0.25) is 0 Å². The van der Waals surface area contributed by atoms with Crippen molar-refractivity contribution in [1.82, 2.24) is 25.1 Å². The molecule has 0 bridgehead atoms. The van der Waals surface area contributed by atoms with Crippen LogP contribution in [0.5, 0.6) is 0 Å². The van der Waals surface area contributed by atoms with Crippen molar-refractivity contribution in [3.63, 3.8) is 0 Å². The molecule has 0 saturated heterocycles. The minimum atomic E-state index is -0.249. The first kappa shape index (κ1) is 12.8. The van der Waals surface area contributed by atoms with E-state index in [-0.39, 0.29) is 5.56 Å². The van der Waals surface area contributed by atoms with Crippen molar-refractivity contribution >= 4 is 28.3 Å². The molecule has 0 unspecified atom stereocenters. The molecule has 4 rings (SSSR count). The fourth-order valence-corrected chi connectivity index (χ4v) is 2.66. The summed E-state index contributed by atoms with van der Waals surface area (Å²) in [7, 11) is 0. The first-order valence-electron chi connectivity index (χ1n) is 6.45. The number of fused-ring (bicyclic) bond motifs is 1. The summed E-state index contributed by atoms with van der Waals surface area (Å²) in [5, 5.41) is 11.9. The number of nitrogens with one attached hydrogen (secondary N) is 3. The number of hydrogen-bond donors (Lipinski definition) is 3. The molecule has 0 aliphatic rings. The maximum absolute atomic E-state index is 11.8. The minimum absolute atomic E-state index is 0.249. The Morgan fingerprint density at radius 2 is 2.32 bits per heavy atom. The van der Waals surface area contributed by atoms with E-state index in [0.717, 1.165) is 10.6 Å². The Morgan fingerprint density at radius 1 is 1.36 bits per heavy atom. The summed E-state index contributed by atoms with van der Waals surface area (Å²) >= 11 is 1.56. The molecule has 0 saturated carbocycles. The number of H-pyrrole nitrogens is 2. The predicted molar refractivity (Wildman–Crippen MR) is 81.7 cm³/mol. The zero-order valence-electron chi connectivity index (χ0n) is 11.2. The van der Waals surface area contributed by atoms with Crippen LogP contribution >= 0.6 is 11.3 Å². The zero-order chi connectivity index (χ0) is 14.9. The molecule has 22 heavy (non-hydrogen) atoms. The summed E-state index contributed by atoms with van der Waals surface area (Å²) in [5.41, 5.74) is 0.905. The van der Waals surface area contributed by atoms with Gasteiger partial charge < -0.3 is 9.73 Å². The Balaban J connectivity index is 1.53. The second kappa shape index (κ2) is 5.11. The van der Waals surface area contributed by atoms with E-state index < -0.39 is 0 Å². The molecule has 0 amide bonds. The highest BCUT2D eigenvalue weighted by atomic mass is 32.1. The van der Waals surface area contributed by atoms with Crippen molar-refractivity contribution in [2.75, 3.05) is 5.32 Å². The van der Waals surface area contributed by atoms with E-state index in [1.54, 1.807) is 17.6 Å². The van der Waals surface area contributed by atoms with E-state index in [9.17, 15) is 4.79 Å². The first-order valence-corrected chi connectivity index (χ1v) is 7.33. The highest BCUT2D eigenvalue weighted by Gasteiger charge is 2.09. The fraction of sp³-hybridized carbons (Fsp3) is 0.0769. The maximum atomic E-state index is 11.8. The number of aromatic amines is 2. The summed E-state index contributed by atoms with van der Waals surface area (Å²) in [6.07, 6.45) is 3.02. The number of anilines is 1. The van der Waals surface area contributed by atoms with Gasteiger partial charge in [-0.2, -0.15) is 10.1 Å². The van der Waals surface area contributed by atoms with Crippen LogP contribution in [0.4, 0.5) is 5.95 Å². The van der Waals surface area contributed by atoms with Crippen molar-refractivity contribution in [3.05, 3.63) is 46.0 Å². The number of aromatic nitrogens is 5. The molecule has 0 radical (unpaired) electrons. The SMILES string of the molecule is O=c1[nH]c(NCc2coc(-c3cccs3)n2)nc2[nH]ncc12. The number of rotatable bonds is 4. The second-order valence-electron chi connectivity index (χ2n) is 4.52. The lowest BCUT2D eigenvalue weighted by Gasteiger charge is -2.02. The normalized spacial score (nSPS) is 11.1. The Morgan fingerprint density at radius 3 is 3.18 bits per heavy atom. The predicted octanol–water partition coefficient (Wildman–Crippen LogP) is 1.97. The van der Waals surface area contributed by atoms with Crippen LogP contribution in [-0.2, 0) is 6.54 Å². The summed E-state index contributed by atoms with van der Waals surface area (Å²) in [6, 6.07) is 3.88. The van der Waals surface area contributed by atoms with E-state index in [4.69, 9.17) is 4.42 Å². The van der Waals surface area contributed by atoms with Crippen molar-refractivity contribution in [2.45, 2.75) is 6.54 Å². The van der Waals surface area contributed by atoms with Crippen LogP contribution in [-0.4, -0.2) is 25.1 Å². The Bertz CT molecular complexity index is 968. The van der Waals surface area contributed by atoms with Crippen LogP contribution in [0.25, 0.3) is 21.8 Å². The van der Waals surface area contributed by atoms with Gasteiger partial charge in [-0.15, -0.1) is 11.3 Å². The molecule has 0 atom stereocenters. The van der Waals surface area contributed by atoms with Gasteiger partial charge >= 0.3 is 0 Å². The lowest BCUT2D eigenvalue weighted by atomic mass is 10.4. The summed E-state index contributed by atoms with van der Waals surface area (Å²) in [6.45, 7) is 0.386. The van der Waals surface area contributed by atoms with Crippen molar-refractivity contribution in [1.29, 1.82) is 0 Å². The third-order valence-corrected chi connectivity index (χ3v) is 3.90. The van der Waals surface area contributed by atoms with Crippen molar-refractivity contribution in [3.8, 4) is 10.8 Å². The van der Waals surface area contributed by atoms with E-state index >= 15 is 0 Å². The minimum Gasteiger partial charge on any atom is -0.443 e. The van der Waals surface area contributed by atoms with Crippen LogP contribution in [0, 0.1) is 0 Å². The zero-order valence-corrected chi connectivity index (χ0v) is 12.0. The monoisotopic (exact) mass is 314 g/mol. The third kappa shape index (κ3) is 2.27. The lowest BCUT2D eigenvalue weighted by Crippen LogP contribution is -2.12. The molecule has 0 aromatic carbocycles. The average molecular weight is 314 g/mol.